The van der Waals surface area contributed by atoms with Crippen molar-refractivity contribution in [3.8, 4) is 0 Å². The van der Waals surface area contributed by atoms with Crippen molar-refractivity contribution in [3.63, 3.8) is 0 Å². The number of hydrogen-bond acceptors (Lipinski definition) is 3. The molecule has 1 aliphatic carbocycles. The Kier molecular flexibility index (Phi) is 5.69. The van der Waals surface area contributed by atoms with Gasteiger partial charge in [0.1, 0.15) is 0 Å². The van der Waals surface area contributed by atoms with Crippen LogP contribution in [0.25, 0.3) is 6.08 Å². The van der Waals surface area contributed by atoms with E-state index in [9.17, 15) is 14.7 Å². The Bertz CT molecular complexity index is 1230. The molecule has 166 valence electrons. The van der Waals surface area contributed by atoms with Gasteiger partial charge in [0.15, 0.2) is 11.4 Å². The van der Waals surface area contributed by atoms with Crippen LogP contribution in [0.4, 0.5) is 5.69 Å². The standard InChI is InChI=1S/C29H27NO3/c31-27(24-17-16-22-12-4-5-13-23(22)19-24)20-29(33)25-14-6-7-15-26(25)30(28(29)32)18-8-11-21-9-2-1-3-10-21/h1-3,6-11,14-17,19,33H,4-5,12-13,18,20H2. The van der Waals surface area contributed by atoms with E-state index >= 15 is 0 Å². The minimum absolute atomic E-state index is 0.212. The van der Waals surface area contributed by atoms with Crippen LogP contribution in [0.3, 0.4) is 0 Å². The number of carbonyl (C=O) groups excluding carboxylic acids is 2. The minimum atomic E-state index is -1.86. The largest absolute Gasteiger partial charge is 0.375 e. The maximum atomic E-state index is 13.4. The maximum Gasteiger partial charge on any atom is 0.264 e. The quantitative estimate of drug-likeness (QED) is 0.547. The lowest BCUT2D eigenvalue weighted by atomic mass is 9.85. The molecule has 0 fully saturated rings. The van der Waals surface area contributed by atoms with Crippen molar-refractivity contribution in [2.45, 2.75) is 37.7 Å². The lowest BCUT2D eigenvalue weighted by Crippen LogP contribution is -2.42. The fourth-order valence-corrected chi connectivity index (χ4v) is 4.96. The molecular formula is C29H27NO3. The maximum absolute atomic E-state index is 13.4. The number of para-hydroxylation sites is 1. The second kappa shape index (κ2) is 8.80. The number of ketones is 1. The van der Waals surface area contributed by atoms with Crippen LogP contribution in [-0.4, -0.2) is 23.3 Å². The first-order valence-corrected chi connectivity index (χ1v) is 11.6. The summed E-state index contributed by atoms with van der Waals surface area (Å²) in [6, 6.07) is 22.9. The molecule has 1 aliphatic heterocycles. The van der Waals surface area contributed by atoms with Crippen LogP contribution in [-0.2, 0) is 23.2 Å². The number of benzene rings is 3. The topological polar surface area (TPSA) is 57.6 Å². The molecule has 4 heteroatoms. The fraction of sp³-hybridized carbons (Fsp3) is 0.241. The summed E-state index contributed by atoms with van der Waals surface area (Å²) in [5.41, 5.74) is 3.41. The van der Waals surface area contributed by atoms with Crippen molar-refractivity contribution in [2.24, 2.45) is 0 Å². The first-order valence-electron chi connectivity index (χ1n) is 11.6. The molecule has 3 aromatic carbocycles. The van der Waals surface area contributed by atoms with Gasteiger partial charge in [-0.3, -0.25) is 9.59 Å². The molecule has 1 atom stereocenters. The second-order valence-corrected chi connectivity index (χ2v) is 8.90. The first kappa shape index (κ1) is 21.4. The number of anilines is 1. The van der Waals surface area contributed by atoms with E-state index in [-0.39, 0.29) is 12.2 Å². The zero-order valence-corrected chi connectivity index (χ0v) is 18.5. The van der Waals surface area contributed by atoms with Crippen LogP contribution < -0.4 is 4.90 Å². The summed E-state index contributed by atoms with van der Waals surface area (Å²) in [5, 5.41) is 11.5. The van der Waals surface area contributed by atoms with Gasteiger partial charge >= 0.3 is 0 Å². The van der Waals surface area contributed by atoms with E-state index in [1.54, 1.807) is 17.0 Å². The molecular weight excluding hydrogens is 410 g/mol. The summed E-state index contributed by atoms with van der Waals surface area (Å²) in [5.74, 6) is -0.663. The lowest BCUT2D eigenvalue weighted by molar-refractivity contribution is -0.135. The minimum Gasteiger partial charge on any atom is -0.375 e. The van der Waals surface area contributed by atoms with Gasteiger partial charge in [-0.1, -0.05) is 72.8 Å². The van der Waals surface area contributed by atoms with Crippen LogP contribution >= 0.6 is 0 Å². The van der Waals surface area contributed by atoms with E-state index in [1.807, 2.05) is 72.8 Å². The number of aliphatic hydroxyl groups is 1. The highest BCUT2D eigenvalue weighted by atomic mass is 16.3. The predicted molar refractivity (Wildman–Crippen MR) is 130 cm³/mol. The molecule has 1 N–H and O–H groups in total. The summed E-state index contributed by atoms with van der Waals surface area (Å²) in [4.78, 5) is 28.2. The molecule has 1 unspecified atom stereocenters. The summed E-state index contributed by atoms with van der Waals surface area (Å²) in [6.07, 6.45) is 7.92. The van der Waals surface area contributed by atoms with Crippen LogP contribution in [0, 0.1) is 0 Å². The van der Waals surface area contributed by atoms with Crippen LogP contribution in [0.15, 0.2) is 78.9 Å². The Morgan fingerprint density at radius 3 is 2.48 bits per heavy atom. The molecule has 4 nitrogen and oxygen atoms in total. The number of fused-ring (bicyclic) bond motifs is 2. The molecule has 33 heavy (non-hydrogen) atoms. The van der Waals surface area contributed by atoms with Crippen LogP contribution in [0.1, 0.15) is 51.9 Å². The Morgan fingerprint density at radius 1 is 0.939 bits per heavy atom. The number of aryl methyl sites for hydroxylation is 2. The van der Waals surface area contributed by atoms with Gasteiger partial charge in [-0.05, 0) is 54.5 Å². The first-order chi connectivity index (χ1) is 16.1. The Balaban J connectivity index is 1.39. The zero-order valence-electron chi connectivity index (χ0n) is 18.5. The SMILES string of the molecule is O=C(CC1(O)C(=O)N(CC=Cc2ccccc2)c2ccccc21)c1ccc2c(c1)CCCC2. The molecule has 1 amide bonds. The summed E-state index contributed by atoms with van der Waals surface area (Å²) in [7, 11) is 0. The number of amides is 1. The normalized spacial score (nSPS) is 19.5. The average Bonchev–Trinajstić information content (AvgIpc) is 3.06. The fourth-order valence-electron chi connectivity index (χ4n) is 4.96. The molecule has 0 bridgehead atoms. The Labute approximate surface area is 194 Å². The Morgan fingerprint density at radius 2 is 1.67 bits per heavy atom. The second-order valence-electron chi connectivity index (χ2n) is 8.90. The predicted octanol–water partition coefficient (Wildman–Crippen LogP) is 5.09. The van der Waals surface area contributed by atoms with Gasteiger partial charge in [0.2, 0.25) is 0 Å². The number of nitrogens with zero attached hydrogens (tertiary/aromatic N) is 1. The zero-order chi connectivity index (χ0) is 22.8. The van der Waals surface area contributed by atoms with E-state index in [4.69, 9.17) is 0 Å². The molecule has 1 heterocycles. The highest BCUT2D eigenvalue weighted by Crippen LogP contribution is 2.43. The number of carbonyl (C=O) groups is 2. The van der Waals surface area contributed by atoms with Crippen molar-refractivity contribution in [3.05, 3.63) is 107 Å². The van der Waals surface area contributed by atoms with Crippen LogP contribution in [0.5, 0.6) is 0 Å². The van der Waals surface area contributed by atoms with Crippen molar-refractivity contribution < 1.29 is 14.7 Å². The van der Waals surface area contributed by atoms with Gasteiger partial charge in [0.05, 0.1) is 12.1 Å². The van der Waals surface area contributed by atoms with Gasteiger partial charge < -0.3 is 10.0 Å². The third-order valence-corrected chi connectivity index (χ3v) is 6.72. The summed E-state index contributed by atoms with van der Waals surface area (Å²) in [6.45, 7) is 0.320. The highest BCUT2D eigenvalue weighted by Gasteiger charge is 2.50. The van der Waals surface area contributed by atoms with Crippen molar-refractivity contribution in [2.75, 3.05) is 11.4 Å². The van der Waals surface area contributed by atoms with Gasteiger partial charge in [0, 0.05) is 17.7 Å². The van der Waals surface area contributed by atoms with E-state index in [0.717, 1.165) is 24.8 Å². The molecule has 2 aliphatic rings. The third-order valence-electron chi connectivity index (χ3n) is 6.72. The smallest absolute Gasteiger partial charge is 0.264 e. The van der Waals surface area contributed by atoms with E-state index < -0.39 is 11.5 Å². The van der Waals surface area contributed by atoms with E-state index in [2.05, 4.69) is 0 Å². The van der Waals surface area contributed by atoms with Crippen molar-refractivity contribution >= 4 is 23.5 Å². The van der Waals surface area contributed by atoms with Gasteiger partial charge in [0.25, 0.3) is 5.91 Å². The molecule has 5 rings (SSSR count). The molecule has 0 saturated carbocycles. The molecule has 0 aromatic heterocycles. The molecule has 3 aromatic rings. The summed E-state index contributed by atoms with van der Waals surface area (Å²) >= 11 is 0. The third kappa shape index (κ3) is 4.03. The highest BCUT2D eigenvalue weighted by molar-refractivity contribution is 6.11. The number of hydrogen-bond donors (Lipinski definition) is 1. The average molecular weight is 438 g/mol. The monoisotopic (exact) mass is 437 g/mol. The van der Waals surface area contributed by atoms with Crippen molar-refractivity contribution in [1.29, 1.82) is 0 Å². The van der Waals surface area contributed by atoms with Crippen LogP contribution in [0.2, 0.25) is 0 Å². The van der Waals surface area contributed by atoms with Gasteiger partial charge in [-0.25, -0.2) is 0 Å². The van der Waals surface area contributed by atoms with E-state index in [0.29, 0.717) is 23.4 Å². The van der Waals surface area contributed by atoms with Gasteiger partial charge in [-0.15, -0.1) is 0 Å². The molecule has 0 radical (unpaired) electrons. The van der Waals surface area contributed by atoms with E-state index in [1.165, 1.54) is 17.5 Å². The lowest BCUT2D eigenvalue weighted by Gasteiger charge is -2.23. The Hall–Kier alpha value is -3.50. The summed E-state index contributed by atoms with van der Waals surface area (Å²) < 4.78 is 0. The molecule has 0 saturated heterocycles. The number of rotatable bonds is 6. The number of Topliss-reactive ketones (excluding diaryl/α,β-unsaturated/α-hetero) is 1. The van der Waals surface area contributed by atoms with Crippen molar-refractivity contribution in [1.82, 2.24) is 0 Å². The van der Waals surface area contributed by atoms with Gasteiger partial charge in [-0.2, -0.15) is 0 Å². The molecule has 0 spiro atoms.